The van der Waals surface area contributed by atoms with E-state index in [1.54, 1.807) is 24.3 Å². The molecule has 2 heterocycles. The molecule has 0 aliphatic carbocycles. The summed E-state index contributed by atoms with van der Waals surface area (Å²) >= 11 is 0. The SMILES string of the molecule is C=C(C)C(=O)N(c1cc(OC)nc(OC)n1)S(=O)(=O)c1ccc(N2C(=O)c3ccccc3C2=O)cc1. The number of amides is 3. The van der Waals surface area contributed by atoms with E-state index in [0.29, 0.717) is 4.31 Å². The van der Waals surface area contributed by atoms with Crippen LogP contribution < -0.4 is 18.7 Å². The van der Waals surface area contributed by atoms with Crippen LogP contribution >= 0.6 is 0 Å². The summed E-state index contributed by atoms with van der Waals surface area (Å²) in [5.74, 6) is -2.35. The van der Waals surface area contributed by atoms with Crippen LogP contribution in [0.4, 0.5) is 11.5 Å². The van der Waals surface area contributed by atoms with E-state index in [0.717, 1.165) is 11.0 Å². The van der Waals surface area contributed by atoms with Crippen molar-refractivity contribution in [1.29, 1.82) is 0 Å². The number of nitrogens with zero attached hydrogens (tertiary/aromatic N) is 4. The predicted molar refractivity (Wildman–Crippen MR) is 129 cm³/mol. The Morgan fingerprint density at radius 1 is 0.944 bits per heavy atom. The first-order valence-corrected chi connectivity index (χ1v) is 11.8. The molecule has 3 amide bonds. The third-order valence-electron chi connectivity index (χ3n) is 5.25. The number of sulfonamides is 1. The van der Waals surface area contributed by atoms with E-state index in [1.807, 2.05) is 0 Å². The lowest BCUT2D eigenvalue weighted by Gasteiger charge is -2.22. The molecule has 36 heavy (non-hydrogen) atoms. The molecule has 184 valence electrons. The number of hydrogen-bond acceptors (Lipinski definition) is 9. The number of methoxy groups -OCH3 is 2. The van der Waals surface area contributed by atoms with E-state index < -0.39 is 27.7 Å². The largest absolute Gasteiger partial charge is 0.481 e. The summed E-state index contributed by atoms with van der Waals surface area (Å²) in [7, 11) is -1.95. The second kappa shape index (κ2) is 9.23. The fourth-order valence-electron chi connectivity index (χ4n) is 3.50. The molecular formula is C24H20N4O7S. The van der Waals surface area contributed by atoms with Gasteiger partial charge in [-0.15, -0.1) is 0 Å². The number of rotatable bonds is 7. The third kappa shape index (κ3) is 4.07. The third-order valence-corrected chi connectivity index (χ3v) is 6.95. The maximum atomic E-state index is 13.6. The number of benzene rings is 2. The molecule has 11 nitrogen and oxygen atoms in total. The Labute approximate surface area is 206 Å². The van der Waals surface area contributed by atoms with E-state index in [-0.39, 0.29) is 45.0 Å². The van der Waals surface area contributed by atoms with Crippen LogP contribution in [0.5, 0.6) is 11.9 Å². The van der Waals surface area contributed by atoms with Crippen LogP contribution in [0.1, 0.15) is 27.6 Å². The summed E-state index contributed by atoms with van der Waals surface area (Å²) in [6, 6.07) is 12.3. The standard InChI is InChI=1S/C24H20N4O7S/c1-14(2)21(29)28(19-13-20(34-3)26-24(25-19)35-4)36(32,33)16-11-9-15(10-12-16)27-22(30)17-7-5-6-8-18(17)23(27)31/h5-13H,1H2,2-4H3. The van der Waals surface area contributed by atoms with Crippen molar-refractivity contribution in [3.8, 4) is 11.9 Å². The molecule has 0 spiro atoms. The van der Waals surface area contributed by atoms with E-state index >= 15 is 0 Å². The van der Waals surface area contributed by atoms with Crippen molar-refractivity contribution in [3.63, 3.8) is 0 Å². The van der Waals surface area contributed by atoms with Crippen molar-refractivity contribution in [2.24, 2.45) is 0 Å². The molecule has 3 aromatic rings. The molecule has 0 saturated heterocycles. The minimum absolute atomic E-state index is 0.0347. The number of fused-ring (bicyclic) bond motifs is 1. The van der Waals surface area contributed by atoms with Gasteiger partial charge in [0.05, 0.1) is 35.9 Å². The Kier molecular flexibility index (Phi) is 6.29. The minimum Gasteiger partial charge on any atom is -0.481 e. The quantitative estimate of drug-likeness (QED) is 0.348. The van der Waals surface area contributed by atoms with Gasteiger partial charge in [-0.3, -0.25) is 14.4 Å². The zero-order chi connectivity index (χ0) is 26.2. The van der Waals surface area contributed by atoms with Crippen LogP contribution in [0.2, 0.25) is 0 Å². The molecule has 1 aliphatic heterocycles. The van der Waals surface area contributed by atoms with Crippen LogP contribution in [0, 0.1) is 0 Å². The first-order chi connectivity index (χ1) is 17.1. The van der Waals surface area contributed by atoms with Gasteiger partial charge in [0, 0.05) is 11.6 Å². The highest BCUT2D eigenvalue weighted by atomic mass is 32.2. The lowest BCUT2D eigenvalue weighted by molar-refractivity contribution is -0.114. The highest BCUT2D eigenvalue weighted by molar-refractivity contribution is 7.93. The Bertz CT molecular complexity index is 1460. The summed E-state index contributed by atoms with van der Waals surface area (Å²) in [5, 5.41) is 0. The van der Waals surface area contributed by atoms with Gasteiger partial charge in [-0.2, -0.15) is 14.3 Å². The lowest BCUT2D eigenvalue weighted by atomic mass is 10.1. The van der Waals surface area contributed by atoms with Crippen LogP contribution in [0.25, 0.3) is 0 Å². The highest BCUT2D eigenvalue weighted by Crippen LogP contribution is 2.31. The lowest BCUT2D eigenvalue weighted by Crippen LogP contribution is -2.38. The van der Waals surface area contributed by atoms with Crippen molar-refractivity contribution in [1.82, 2.24) is 9.97 Å². The molecule has 0 N–H and O–H groups in total. The number of hydrogen-bond donors (Lipinski definition) is 0. The Morgan fingerprint density at radius 3 is 2.03 bits per heavy atom. The van der Waals surface area contributed by atoms with E-state index in [2.05, 4.69) is 16.5 Å². The van der Waals surface area contributed by atoms with Crippen LogP contribution in [0.15, 0.2) is 71.6 Å². The number of carbonyl (C=O) groups is 3. The highest BCUT2D eigenvalue weighted by Gasteiger charge is 2.37. The van der Waals surface area contributed by atoms with Crippen molar-refractivity contribution >= 4 is 39.3 Å². The van der Waals surface area contributed by atoms with Crippen LogP contribution in [-0.4, -0.2) is 50.3 Å². The van der Waals surface area contributed by atoms with Crippen LogP contribution in [-0.2, 0) is 14.8 Å². The molecule has 0 fully saturated rings. The number of ether oxygens (including phenoxy) is 2. The maximum Gasteiger partial charge on any atom is 0.321 e. The topological polar surface area (TPSA) is 136 Å². The maximum absolute atomic E-state index is 13.6. The smallest absolute Gasteiger partial charge is 0.321 e. The van der Waals surface area contributed by atoms with Gasteiger partial charge in [0.2, 0.25) is 5.88 Å². The molecule has 12 heteroatoms. The summed E-state index contributed by atoms with van der Waals surface area (Å²) in [6.45, 7) is 4.91. The van der Waals surface area contributed by atoms with Crippen molar-refractivity contribution in [3.05, 3.63) is 77.9 Å². The van der Waals surface area contributed by atoms with Gasteiger partial charge in [0.1, 0.15) is 0 Å². The van der Waals surface area contributed by atoms with E-state index in [1.165, 1.54) is 45.4 Å². The van der Waals surface area contributed by atoms with Crippen molar-refractivity contribution < 1.29 is 32.3 Å². The predicted octanol–water partition coefficient (Wildman–Crippen LogP) is 2.59. The molecule has 0 saturated carbocycles. The minimum atomic E-state index is -4.54. The summed E-state index contributed by atoms with van der Waals surface area (Å²) in [4.78, 5) is 47.0. The van der Waals surface area contributed by atoms with Gasteiger partial charge < -0.3 is 9.47 Å². The fourth-order valence-corrected chi connectivity index (χ4v) is 4.90. The monoisotopic (exact) mass is 508 g/mol. The Morgan fingerprint density at radius 2 is 1.53 bits per heavy atom. The van der Waals surface area contributed by atoms with Gasteiger partial charge in [0.25, 0.3) is 27.7 Å². The normalized spacial score (nSPS) is 12.8. The fraction of sp³-hybridized carbons (Fsp3) is 0.125. The molecule has 2 aromatic carbocycles. The van der Waals surface area contributed by atoms with Gasteiger partial charge >= 0.3 is 6.01 Å². The molecule has 0 atom stereocenters. The number of anilines is 2. The van der Waals surface area contributed by atoms with Gasteiger partial charge in [-0.05, 0) is 43.3 Å². The number of carbonyl (C=O) groups excluding carboxylic acids is 3. The van der Waals surface area contributed by atoms with Gasteiger partial charge in [-0.1, -0.05) is 18.7 Å². The van der Waals surface area contributed by atoms with Gasteiger partial charge in [-0.25, -0.2) is 13.3 Å². The average Bonchev–Trinajstić information content (AvgIpc) is 3.13. The van der Waals surface area contributed by atoms with Gasteiger partial charge in [0.15, 0.2) is 5.82 Å². The zero-order valence-corrected chi connectivity index (χ0v) is 20.3. The number of imide groups is 1. The van der Waals surface area contributed by atoms with Crippen molar-refractivity contribution in [2.45, 2.75) is 11.8 Å². The van der Waals surface area contributed by atoms with E-state index in [9.17, 15) is 22.8 Å². The van der Waals surface area contributed by atoms with E-state index in [4.69, 9.17) is 9.47 Å². The summed E-state index contributed by atoms with van der Waals surface area (Å²) < 4.78 is 37.7. The zero-order valence-electron chi connectivity index (χ0n) is 19.5. The molecule has 0 unspecified atom stereocenters. The summed E-state index contributed by atoms with van der Waals surface area (Å²) in [5.41, 5.74) is 0.606. The molecule has 0 radical (unpaired) electrons. The molecule has 1 aromatic heterocycles. The molecule has 0 bridgehead atoms. The Hall–Kier alpha value is -4.58. The molecule has 1 aliphatic rings. The molecular weight excluding hydrogens is 488 g/mol. The second-order valence-corrected chi connectivity index (χ2v) is 9.38. The first kappa shape index (κ1) is 24.5. The molecule has 4 rings (SSSR count). The summed E-state index contributed by atoms with van der Waals surface area (Å²) in [6.07, 6.45) is 0. The Balaban J connectivity index is 1.76. The number of aromatic nitrogens is 2. The first-order valence-electron chi connectivity index (χ1n) is 10.4. The van der Waals surface area contributed by atoms with Crippen molar-refractivity contribution in [2.75, 3.05) is 23.4 Å². The second-order valence-electron chi connectivity index (χ2n) is 7.60. The average molecular weight is 509 g/mol. The van der Waals surface area contributed by atoms with Crippen LogP contribution in [0.3, 0.4) is 0 Å².